The maximum Gasteiger partial charge on any atom is 0.179 e. The highest BCUT2D eigenvalue weighted by molar-refractivity contribution is 7.19. The Balaban J connectivity index is 1.27. The molecule has 7 aromatic carbocycles. The van der Waals surface area contributed by atoms with Crippen molar-refractivity contribution in [3.8, 4) is 11.1 Å². The largest absolute Gasteiger partial charge is 0.454 e. The summed E-state index contributed by atoms with van der Waals surface area (Å²) in [5, 5.41) is 7.64. The van der Waals surface area contributed by atoms with Crippen LogP contribution in [0.15, 0.2) is 205 Å². The molecule has 0 radical (unpaired) electrons. The van der Waals surface area contributed by atoms with Crippen LogP contribution in [0.4, 0.5) is 0 Å². The lowest BCUT2D eigenvalue weighted by molar-refractivity contribution is 0.666. The molecule has 0 fully saturated rings. The third kappa shape index (κ3) is 4.25. The predicted octanol–water partition coefficient (Wildman–Crippen LogP) is 8.72. The highest BCUT2D eigenvalue weighted by Gasteiger charge is 2.47. The minimum Gasteiger partial charge on any atom is -0.454 e. The van der Waals surface area contributed by atoms with Gasteiger partial charge in [-0.2, -0.15) is 0 Å². The van der Waals surface area contributed by atoms with Crippen LogP contribution in [0.25, 0.3) is 33.1 Å². The Kier molecular flexibility index (Phi) is 6.77. The van der Waals surface area contributed by atoms with E-state index in [2.05, 4.69) is 193 Å². The van der Waals surface area contributed by atoms with Crippen molar-refractivity contribution < 1.29 is 4.42 Å². The molecular weight excluding hydrogens is 635 g/mol. The number of rotatable bonds is 6. The van der Waals surface area contributed by atoms with Crippen molar-refractivity contribution in [1.29, 1.82) is 0 Å². The number of pyridine rings is 1. The number of fused-ring (bicyclic) bond motifs is 6. The first kappa shape index (κ1) is 29.6. The molecular formula is C48H33NOSi. The van der Waals surface area contributed by atoms with Gasteiger partial charge in [-0.15, -0.1) is 0 Å². The molecule has 0 unspecified atom stereocenters. The first-order valence-corrected chi connectivity index (χ1v) is 19.5. The third-order valence-corrected chi connectivity index (χ3v) is 15.8. The molecule has 0 bridgehead atoms. The molecule has 2 nitrogen and oxygen atoms in total. The molecule has 0 saturated heterocycles. The van der Waals surface area contributed by atoms with Crippen LogP contribution >= 0.6 is 0 Å². The average molecular weight is 668 g/mol. The topological polar surface area (TPSA) is 26.0 Å². The second kappa shape index (κ2) is 11.7. The average Bonchev–Trinajstić information content (AvgIpc) is 3.73. The predicted molar refractivity (Wildman–Crippen MR) is 212 cm³/mol. The van der Waals surface area contributed by atoms with Crippen LogP contribution in [0.2, 0.25) is 0 Å². The number of furan rings is 1. The van der Waals surface area contributed by atoms with Crippen LogP contribution in [-0.2, 0) is 5.41 Å². The second-order valence-electron chi connectivity index (χ2n) is 13.5. The summed E-state index contributed by atoms with van der Waals surface area (Å²) in [7, 11) is -2.69. The van der Waals surface area contributed by atoms with E-state index in [0.717, 1.165) is 21.9 Å². The summed E-state index contributed by atoms with van der Waals surface area (Å²) in [4.78, 5) is 4.33. The molecule has 0 spiro atoms. The van der Waals surface area contributed by atoms with E-state index in [9.17, 15) is 0 Å². The van der Waals surface area contributed by atoms with E-state index in [1.54, 1.807) is 0 Å². The molecule has 3 heteroatoms. The lowest BCUT2D eigenvalue weighted by atomic mass is 9.67. The molecule has 0 aliphatic heterocycles. The number of benzene rings is 7. The first-order valence-electron chi connectivity index (χ1n) is 17.5. The highest BCUT2D eigenvalue weighted by atomic mass is 28.3. The summed E-state index contributed by atoms with van der Waals surface area (Å²) in [6, 6.07) is 69.8. The Morgan fingerprint density at radius 1 is 0.412 bits per heavy atom. The number of hydrogen-bond acceptors (Lipinski definition) is 2. The van der Waals surface area contributed by atoms with Gasteiger partial charge in [0.05, 0.1) is 11.6 Å². The van der Waals surface area contributed by atoms with Crippen molar-refractivity contribution in [3.63, 3.8) is 0 Å². The van der Waals surface area contributed by atoms with Crippen molar-refractivity contribution >= 4 is 50.8 Å². The second-order valence-corrected chi connectivity index (χ2v) is 17.3. The van der Waals surface area contributed by atoms with Crippen LogP contribution in [0.1, 0.15) is 22.3 Å². The fraction of sp³-hybridized carbons (Fsp3) is 0.0208. The zero-order valence-corrected chi connectivity index (χ0v) is 28.9. The molecule has 240 valence electrons. The first-order chi connectivity index (χ1) is 25.3. The van der Waals surface area contributed by atoms with Gasteiger partial charge in [-0.25, -0.2) is 0 Å². The fourth-order valence-corrected chi connectivity index (χ4v) is 13.7. The van der Waals surface area contributed by atoms with Gasteiger partial charge in [-0.1, -0.05) is 170 Å². The molecule has 51 heavy (non-hydrogen) atoms. The van der Waals surface area contributed by atoms with Gasteiger partial charge in [0.1, 0.15) is 5.58 Å². The van der Waals surface area contributed by atoms with Crippen molar-refractivity contribution in [3.05, 3.63) is 223 Å². The monoisotopic (exact) mass is 667 g/mol. The van der Waals surface area contributed by atoms with Gasteiger partial charge in [0.25, 0.3) is 0 Å². The molecule has 0 saturated carbocycles. The Bertz CT molecular complexity index is 2540. The molecule has 10 rings (SSSR count). The maximum atomic E-state index is 6.27. The maximum absolute atomic E-state index is 6.27. The minimum atomic E-state index is -2.69. The van der Waals surface area contributed by atoms with Gasteiger partial charge >= 0.3 is 0 Å². The zero-order valence-electron chi connectivity index (χ0n) is 27.9. The molecule has 9 aromatic rings. The molecule has 0 atom stereocenters. The van der Waals surface area contributed by atoms with Gasteiger partial charge in [0.2, 0.25) is 0 Å². The van der Waals surface area contributed by atoms with Crippen LogP contribution in [0.5, 0.6) is 0 Å². The normalized spacial score (nSPS) is 13.3. The summed E-state index contributed by atoms with van der Waals surface area (Å²) in [5.41, 5.74) is 8.76. The van der Waals surface area contributed by atoms with E-state index in [1.165, 1.54) is 54.1 Å². The lowest BCUT2D eigenvalue weighted by Crippen LogP contribution is -2.74. The fourth-order valence-electron chi connectivity index (χ4n) is 8.92. The van der Waals surface area contributed by atoms with Crippen LogP contribution in [0, 0.1) is 0 Å². The van der Waals surface area contributed by atoms with Gasteiger partial charge < -0.3 is 4.42 Å². The number of aromatic nitrogens is 1. The molecule has 1 aliphatic rings. The van der Waals surface area contributed by atoms with Gasteiger partial charge in [-0.3, -0.25) is 4.98 Å². The molecule has 2 aromatic heterocycles. The van der Waals surface area contributed by atoms with Gasteiger partial charge in [-0.05, 0) is 72.3 Å². The van der Waals surface area contributed by atoms with Crippen molar-refractivity contribution in [1.82, 2.24) is 4.98 Å². The summed E-state index contributed by atoms with van der Waals surface area (Å²) in [6.07, 6.45) is 3.66. The van der Waals surface area contributed by atoms with E-state index < -0.39 is 13.5 Å². The Hall–Kier alpha value is -6.29. The smallest absolute Gasteiger partial charge is 0.179 e. The molecule has 0 N–H and O–H groups in total. The van der Waals surface area contributed by atoms with Crippen LogP contribution in [0.3, 0.4) is 0 Å². The van der Waals surface area contributed by atoms with E-state index in [0.29, 0.717) is 0 Å². The van der Waals surface area contributed by atoms with E-state index in [4.69, 9.17) is 4.42 Å². The van der Waals surface area contributed by atoms with Crippen molar-refractivity contribution in [2.45, 2.75) is 5.41 Å². The van der Waals surface area contributed by atoms with Crippen molar-refractivity contribution in [2.75, 3.05) is 0 Å². The summed E-state index contributed by atoms with van der Waals surface area (Å²) >= 11 is 0. The quantitative estimate of drug-likeness (QED) is 0.131. The summed E-state index contributed by atoms with van der Waals surface area (Å²) in [5.74, 6) is 0. The summed E-state index contributed by atoms with van der Waals surface area (Å²) in [6.45, 7) is 0. The standard InChI is InChI=1S/C48H33NOSi/c1-4-14-36(15-5-1)51(37-16-6-2-7-17-37,38-18-8-3-9-19-38)39-27-24-34(25-28-39)48(44-22-12-10-20-40(44)41-21-11-13-23-45(41)48)35-26-29-46-43(32-35)42-30-31-49-33-47(42)50-46/h1-33H. The van der Waals surface area contributed by atoms with Gasteiger partial charge in [0, 0.05) is 17.0 Å². The molecule has 0 amide bonds. The molecule has 2 heterocycles. The van der Waals surface area contributed by atoms with Crippen LogP contribution < -0.4 is 20.7 Å². The summed E-state index contributed by atoms with van der Waals surface area (Å²) < 4.78 is 6.27. The Labute approximate surface area is 298 Å². The van der Waals surface area contributed by atoms with E-state index >= 15 is 0 Å². The number of nitrogens with zero attached hydrogens (tertiary/aromatic N) is 1. The van der Waals surface area contributed by atoms with Crippen LogP contribution in [-0.4, -0.2) is 13.1 Å². The molecule has 1 aliphatic carbocycles. The van der Waals surface area contributed by atoms with Crippen molar-refractivity contribution in [2.24, 2.45) is 0 Å². The Morgan fingerprint density at radius 3 is 1.47 bits per heavy atom. The third-order valence-electron chi connectivity index (χ3n) is 11.0. The zero-order chi connectivity index (χ0) is 33.8. The minimum absolute atomic E-state index is 0.535. The SMILES string of the molecule is c1ccc([Si](c2ccccc2)(c2ccccc2)c2ccc(C3(c4ccc5oc6cnccc6c5c4)c4ccccc4-c4ccccc43)cc2)cc1. The Morgan fingerprint density at radius 2 is 0.902 bits per heavy atom. The van der Waals surface area contributed by atoms with E-state index in [-0.39, 0.29) is 0 Å². The highest BCUT2D eigenvalue weighted by Crippen LogP contribution is 2.56. The van der Waals surface area contributed by atoms with E-state index in [1.807, 2.05) is 12.4 Å². The number of hydrogen-bond donors (Lipinski definition) is 0. The van der Waals surface area contributed by atoms with Gasteiger partial charge in [0.15, 0.2) is 13.7 Å². The lowest BCUT2D eigenvalue weighted by Gasteiger charge is -2.36.